The van der Waals surface area contributed by atoms with Crippen LogP contribution >= 0.6 is 11.6 Å². The highest BCUT2D eigenvalue weighted by molar-refractivity contribution is 7.89. The van der Waals surface area contributed by atoms with Crippen molar-refractivity contribution in [1.82, 2.24) is 4.31 Å². The van der Waals surface area contributed by atoms with Gasteiger partial charge in [-0.3, -0.25) is 0 Å². The highest BCUT2D eigenvalue weighted by Crippen LogP contribution is 2.20. The molecule has 0 radical (unpaired) electrons. The molecule has 4 nitrogen and oxygen atoms in total. The SMILES string of the molecule is C[C@H]1CN(S(=O)(=O)c2ccc(Cl)cc2)CCO1. The van der Waals surface area contributed by atoms with Crippen molar-refractivity contribution in [2.24, 2.45) is 0 Å². The molecule has 1 fully saturated rings. The summed E-state index contributed by atoms with van der Waals surface area (Å²) >= 11 is 5.74. The monoisotopic (exact) mass is 275 g/mol. The van der Waals surface area contributed by atoms with Crippen LogP contribution in [0.5, 0.6) is 0 Å². The van der Waals surface area contributed by atoms with Gasteiger partial charge in [-0.2, -0.15) is 4.31 Å². The lowest BCUT2D eigenvalue weighted by atomic mass is 10.3. The first-order valence-corrected chi connectivity index (χ1v) is 7.19. The Morgan fingerprint density at radius 1 is 1.35 bits per heavy atom. The number of ether oxygens (including phenoxy) is 1. The van der Waals surface area contributed by atoms with E-state index in [1.807, 2.05) is 6.92 Å². The maximum absolute atomic E-state index is 12.3. The molecule has 1 aromatic rings. The molecule has 0 unspecified atom stereocenters. The smallest absolute Gasteiger partial charge is 0.243 e. The molecule has 0 aliphatic carbocycles. The van der Waals surface area contributed by atoms with Gasteiger partial charge >= 0.3 is 0 Å². The number of rotatable bonds is 2. The Bertz CT molecular complexity index is 486. The summed E-state index contributed by atoms with van der Waals surface area (Å²) in [6.45, 7) is 3.10. The second kappa shape index (κ2) is 4.94. The normalized spacial score (nSPS) is 22.6. The van der Waals surface area contributed by atoms with E-state index in [9.17, 15) is 8.42 Å². The maximum atomic E-state index is 12.3. The first kappa shape index (κ1) is 12.8. The van der Waals surface area contributed by atoms with Gasteiger partial charge in [0.25, 0.3) is 0 Å². The van der Waals surface area contributed by atoms with Gasteiger partial charge in [-0.25, -0.2) is 8.42 Å². The second-order valence-corrected chi connectivity index (χ2v) is 6.37. The van der Waals surface area contributed by atoms with Crippen LogP contribution in [0.25, 0.3) is 0 Å². The van der Waals surface area contributed by atoms with Crippen LogP contribution in [0.3, 0.4) is 0 Å². The lowest BCUT2D eigenvalue weighted by molar-refractivity contribution is 0.0102. The van der Waals surface area contributed by atoms with Crippen LogP contribution in [0.4, 0.5) is 0 Å². The highest BCUT2D eigenvalue weighted by Gasteiger charge is 2.28. The minimum Gasteiger partial charge on any atom is -0.376 e. The zero-order valence-corrected chi connectivity index (χ0v) is 11.0. The summed E-state index contributed by atoms with van der Waals surface area (Å²) in [6.07, 6.45) is -0.0641. The van der Waals surface area contributed by atoms with Crippen molar-refractivity contribution in [3.63, 3.8) is 0 Å². The number of benzene rings is 1. The third-order valence-electron chi connectivity index (χ3n) is 2.66. The van der Waals surface area contributed by atoms with Gasteiger partial charge in [0.2, 0.25) is 10.0 Å². The zero-order valence-electron chi connectivity index (χ0n) is 9.47. The van der Waals surface area contributed by atoms with Gasteiger partial charge in [0.15, 0.2) is 0 Å². The third kappa shape index (κ3) is 2.80. The third-order valence-corrected chi connectivity index (χ3v) is 4.79. The molecular formula is C11H14ClNO3S. The zero-order chi connectivity index (χ0) is 12.5. The summed E-state index contributed by atoms with van der Waals surface area (Å²) in [6, 6.07) is 6.21. The average molecular weight is 276 g/mol. The number of sulfonamides is 1. The summed E-state index contributed by atoms with van der Waals surface area (Å²) in [7, 11) is -3.42. The van der Waals surface area contributed by atoms with Crippen LogP contribution < -0.4 is 0 Å². The standard InChI is InChI=1S/C11H14ClNO3S/c1-9-8-13(6-7-16-9)17(14,15)11-4-2-10(12)3-5-11/h2-5,9H,6-8H2,1H3/t9-/m0/s1. The lowest BCUT2D eigenvalue weighted by Crippen LogP contribution is -2.44. The molecule has 1 saturated heterocycles. The van der Waals surface area contributed by atoms with E-state index in [4.69, 9.17) is 16.3 Å². The Morgan fingerprint density at radius 3 is 2.59 bits per heavy atom. The number of halogens is 1. The fourth-order valence-electron chi connectivity index (χ4n) is 1.76. The summed E-state index contributed by atoms with van der Waals surface area (Å²) < 4.78 is 31.3. The van der Waals surface area contributed by atoms with Crippen LogP contribution in [-0.2, 0) is 14.8 Å². The van der Waals surface area contributed by atoms with E-state index in [-0.39, 0.29) is 11.0 Å². The first-order chi connectivity index (χ1) is 8.00. The Hall–Kier alpha value is -0.620. The maximum Gasteiger partial charge on any atom is 0.243 e. The van der Waals surface area contributed by atoms with Gasteiger partial charge in [0.1, 0.15) is 0 Å². The Balaban J connectivity index is 2.26. The largest absolute Gasteiger partial charge is 0.376 e. The summed E-state index contributed by atoms with van der Waals surface area (Å²) in [4.78, 5) is 0.274. The molecule has 0 aromatic heterocycles. The molecule has 17 heavy (non-hydrogen) atoms. The molecule has 94 valence electrons. The fraction of sp³-hybridized carbons (Fsp3) is 0.455. The molecule has 1 atom stereocenters. The van der Waals surface area contributed by atoms with Crippen molar-refractivity contribution in [2.45, 2.75) is 17.9 Å². The van der Waals surface area contributed by atoms with Crippen LogP contribution in [-0.4, -0.2) is 38.5 Å². The quantitative estimate of drug-likeness (QED) is 0.826. The minimum absolute atomic E-state index is 0.0641. The van der Waals surface area contributed by atoms with Gasteiger partial charge in [-0.1, -0.05) is 11.6 Å². The van der Waals surface area contributed by atoms with Crippen molar-refractivity contribution in [3.8, 4) is 0 Å². The molecule has 0 amide bonds. The lowest BCUT2D eigenvalue weighted by Gasteiger charge is -2.30. The molecule has 0 N–H and O–H groups in total. The van der Waals surface area contributed by atoms with E-state index in [0.717, 1.165) is 0 Å². The molecule has 0 bridgehead atoms. The van der Waals surface area contributed by atoms with E-state index >= 15 is 0 Å². The fourth-order valence-corrected chi connectivity index (χ4v) is 3.39. The van der Waals surface area contributed by atoms with Crippen molar-refractivity contribution in [3.05, 3.63) is 29.3 Å². The van der Waals surface area contributed by atoms with Crippen molar-refractivity contribution in [1.29, 1.82) is 0 Å². The molecular weight excluding hydrogens is 262 g/mol. The predicted octanol–water partition coefficient (Wildman–Crippen LogP) is 1.75. The summed E-state index contributed by atoms with van der Waals surface area (Å²) in [5.41, 5.74) is 0. The van der Waals surface area contributed by atoms with Crippen LogP contribution in [0.15, 0.2) is 29.2 Å². The molecule has 0 saturated carbocycles. The van der Waals surface area contributed by atoms with Gasteiger partial charge in [0.05, 0.1) is 17.6 Å². The molecule has 1 heterocycles. The molecule has 1 aliphatic rings. The average Bonchev–Trinajstić information content (AvgIpc) is 2.29. The van der Waals surface area contributed by atoms with Gasteiger partial charge in [-0.05, 0) is 31.2 Å². The predicted molar refractivity (Wildman–Crippen MR) is 65.6 cm³/mol. The number of hydrogen-bond donors (Lipinski definition) is 0. The molecule has 2 rings (SSSR count). The van der Waals surface area contributed by atoms with E-state index in [2.05, 4.69) is 0 Å². The van der Waals surface area contributed by atoms with Crippen molar-refractivity contribution in [2.75, 3.05) is 19.7 Å². The Labute approximate surface area is 106 Å². The number of morpholine rings is 1. The number of nitrogens with zero attached hydrogens (tertiary/aromatic N) is 1. The van der Waals surface area contributed by atoms with Crippen LogP contribution in [0, 0.1) is 0 Å². The highest BCUT2D eigenvalue weighted by atomic mass is 35.5. The summed E-state index contributed by atoms with van der Waals surface area (Å²) in [5.74, 6) is 0. The Kier molecular flexibility index (Phi) is 3.73. The van der Waals surface area contributed by atoms with Gasteiger partial charge in [-0.15, -0.1) is 0 Å². The van der Waals surface area contributed by atoms with E-state index < -0.39 is 10.0 Å². The molecule has 1 aromatic carbocycles. The molecule has 0 spiro atoms. The summed E-state index contributed by atoms with van der Waals surface area (Å²) in [5, 5.41) is 0.527. The first-order valence-electron chi connectivity index (χ1n) is 5.37. The van der Waals surface area contributed by atoms with Gasteiger partial charge < -0.3 is 4.74 Å². The van der Waals surface area contributed by atoms with Crippen LogP contribution in [0.1, 0.15) is 6.92 Å². The topological polar surface area (TPSA) is 46.6 Å². The van der Waals surface area contributed by atoms with Crippen molar-refractivity contribution >= 4 is 21.6 Å². The van der Waals surface area contributed by atoms with Gasteiger partial charge in [0, 0.05) is 18.1 Å². The minimum atomic E-state index is -3.42. The second-order valence-electron chi connectivity index (χ2n) is 4.00. The Morgan fingerprint density at radius 2 is 2.00 bits per heavy atom. The van der Waals surface area contributed by atoms with E-state index in [1.165, 1.54) is 16.4 Å². The number of hydrogen-bond acceptors (Lipinski definition) is 3. The molecule has 1 aliphatic heterocycles. The van der Waals surface area contributed by atoms with Crippen molar-refractivity contribution < 1.29 is 13.2 Å². The van der Waals surface area contributed by atoms with E-state index in [1.54, 1.807) is 12.1 Å². The van der Waals surface area contributed by atoms with Crippen LogP contribution in [0.2, 0.25) is 5.02 Å². The molecule has 6 heteroatoms. The van der Waals surface area contributed by atoms with E-state index in [0.29, 0.717) is 24.7 Å².